The Hall–Kier alpha value is -2.80. The number of carbonyl (C=O) groups is 1. The first-order valence-electron chi connectivity index (χ1n) is 8.21. The maximum Gasteiger partial charge on any atom is 0.246 e. The Morgan fingerprint density at radius 2 is 1.79 bits per heavy atom. The van der Waals surface area contributed by atoms with Gasteiger partial charge in [0.25, 0.3) is 0 Å². The number of nitrogens with one attached hydrogen (secondary N) is 2. The zero-order valence-electron chi connectivity index (χ0n) is 14.3. The van der Waals surface area contributed by atoms with E-state index in [1.54, 1.807) is 31.2 Å². The van der Waals surface area contributed by atoms with Gasteiger partial charge in [0.1, 0.15) is 12.1 Å². The highest BCUT2D eigenvalue weighted by atomic mass is 16.2. The third-order valence-corrected chi connectivity index (χ3v) is 4.17. The molecule has 0 heterocycles. The van der Waals surface area contributed by atoms with Crippen LogP contribution in [0.2, 0.25) is 0 Å². The molecule has 0 bridgehead atoms. The molecule has 0 saturated heterocycles. The number of rotatable bonds is 6. The summed E-state index contributed by atoms with van der Waals surface area (Å²) in [4.78, 5) is 12.3. The fraction of sp³-hybridized carbons (Fsp3) is 0.300. The quantitative estimate of drug-likeness (QED) is 0.822. The molecule has 2 aromatic carbocycles. The molecule has 0 aromatic heterocycles. The predicted molar refractivity (Wildman–Crippen MR) is 98.0 cm³/mol. The number of benzene rings is 2. The molecule has 24 heavy (non-hydrogen) atoms. The molecule has 2 N–H and O–H groups in total. The van der Waals surface area contributed by atoms with Crippen molar-refractivity contribution in [2.45, 2.75) is 39.2 Å². The fourth-order valence-electron chi connectivity index (χ4n) is 2.39. The molecule has 0 aliphatic heterocycles. The summed E-state index contributed by atoms with van der Waals surface area (Å²) in [5, 5.41) is 15.1. The van der Waals surface area contributed by atoms with Crippen molar-refractivity contribution in [3.8, 4) is 6.07 Å². The number of nitriles is 1. The van der Waals surface area contributed by atoms with E-state index in [4.69, 9.17) is 5.26 Å². The lowest BCUT2D eigenvalue weighted by Gasteiger charge is -2.17. The highest BCUT2D eigenvalue weighted by Gasteiger charge is 2.14. The maximum absolute atomic E-state index is 12.3. The van der Waals surface area contributed by atoms with Crippen molar-refractivity contribution in [3.05, 3.63) is 59.7 Å². The first kappa shape index (κ1) is 17.6. The molecule has 0 unspecified atom stereocenters. The molecule has 124 valence electrons. The second-order valence-electron chi connectivity index (χ2n) is 5.94. The first-order chi connectivity index (χ1) is 11.5. The van der Waals surface area contributed by atoms with E-state index >= 15 is 0 Å². The molecular weight excluding hydrogens is 298 g/mol. The Labute approximate surface area is 143 Å². The predicted octanol–water partition coefficient (Wildman–Crippen LogP) is 4.51. The molecule has 2 aromatic rings. The van der Waals surface area contributed by atoms with E-state index in [0.29, 0.717) is 17.2 Å². The van der Waals surface area contributed by atoms with E-state index in [1.807, 2.05) is 12.1 Å². The van der Waals surface area contributed by atoms with Crippen LogP contribution >= 0.6 is 0 Å². The molecule has 0 saturated carbocycles. The lowest BCUT2D eigenvalue weighted by atomic mass is 9.98. The number of anilines is 2. The summed E-state index contributed by atoms with van der Waals surface area (Å²) in [6.07, 6.45) is 1.10. The largest absolute Gasteiger partial charge is 0.374 e. The smallest absolute Gasteiger partial charge is 0.246 e. The number of hydrogen-bond acceptors (Lipinski definition) is 3. The molecular formula is C20H23N3O. The van der Waals surface area contributed by atoms with Gasteiger partial charge in [-0.05, 0) is 49.1 Å². The summed E-state index contributed by atoms with van der Waals surface area (Å²) in [5.41, 5.74) is 3.18. The maximum atomic E-state index is 12.3. The molecule has 0 spiro atoms. The van der Waals surface area contributed by atoms with Gasteiger partial charge in [-0.2, -0.15) is 5.26 Å². The standard InChI is InChI=1S/C20H23N3O/c1-4-14(2)16-9-11-18(12-10-16)22-15(3)20(24)23-19-8-6-5-7-17(19)13-21/h5-12,14-15,22H,4H2,1-3H3,(H,23,24)/t14-,15+/m0/s1. The Morgan fingerprint density at radius 3 is 2.42 bits per heavy atom. The summed E-state index contributed by atoms with van der Waals surface area (Å²) in [5.74, 6) is 0.353. The summed E-state index contributed by atoms with van der Waals surface area (Å²) >= 11 is 0. The highest BCUT2D eigenvalue weighted by molar-refractivity contribution is 5.97. The normalized spacial score (nSPS) is 12.8. The summed E-state index contributed by atoms with van der Waals surface area (Å²) < 4.78 is 0. The van der Waals surface area contributed by atoms with Crippen molar-refractivity contribution < 1.29 is 4.79 Å². The Kier molecular flexibility index (Phi) is 5.97. The lowest BCUT2D eigenvalue weighted by Crippen LogP contribution is -2.32. The SMILES string of the molecule is CC[C@H](C)c1ccc(N[C@H](C)C(=O)Nc2ccccc2C#N)cc1. The minimum Gasteiger partial charge on any atom is -0.374 e. The molecule has 0 fully saturated rings. The fourth-order valence-corrected chi connectivity index (χ4v) is 2.39. The number of carbonyl (C=O) groups excluding carboxylic acids is 1. The van der Waals surface area contributed by atoms with Crippen molar-refractivity contribution in [1.29, 1.82) is 5.26 Å². The second-order valence-corrected chi connectivity index (χ2v) is 5.94. The van der Waals surface area contributed by atoms with Gasteiger partial charge in [0.15, 0.2) is 0 Å². The number of para-hydroxylation sites is 1. The summed E-state index contributed by atoms with van der Waals surface area (Å²) in [6, 6.07) is 16.8. The average molecular weight is 321 g/mol. The summed E-state index contributed by atoms with van der Waals surface area (Å²) in [6.45, 7) is 6.17. The van der Waals surface area contributed by atoms with E-state index in [1.165, 1.54) is 5.56 Å². The van der Waals surface area contributed by atoms with E-state index in [9.17, 15) is 4.79 Å². The topological polar surface area (TPSA) is 64.9 Å². The van der Waals surface area contributed by atoms with Crippen LogP contribution in [0.15, 0.2) is 48.5 Å². The van der Waals surface area contributed by atoms with Gasteiger partial charge in [-0.3, -0.25) is 4.79 Å². The van der Waals surface area contributed by atoms with Crippen molar-refractivity contribution in [1.82, 2.24) is 0 Å². The van der Waals surface area contributed by atoms with Crippen LogP contribution < -0.4 is 10.6 Å². The van der Waals surface area contributed by atoms with Crippen LogP contribution in [0.4, 0.5) is 11.4 Å². The van der Waals surface area contributed by atoms with Crippen molar-refractivity contribution in [2.75, 3.05) is 10.6 Å². The van der Waals surface area contributed by atoms with E-state index < -0.39 is 6.04 Å². The van der Waals surface area contributed by atoms with Crippen molar-refractivity contribution in [3.63, 3.8) is 0 Å². The zero-order valence-corrected chi connectivity index (χ0v) is 14.3. The average Bonchev–Trinajstić information content (AvgIpc) is 2.62. The van der Waals surface area contributed by atoms with Crippen LogP contribution in [0.5, 0.6) is 0 Å². The van der Waals surface area contributed by atoms with Gasteiger partial charge < -0.3 is 10.6 Å². The highest BCUT2D eigenvalue weighted by Crippen LogP contribution is 2.21. The van der Waals surface area contributed by atoms with Gasteiger partial charge in [0, 0.05) is 5.69 Å². The Morgan fingerprint density at radius 1 is 1.12 bits per heavy atom. The van der Waals surface area contributed by atoms with Crippen LogP contribution in [0, 0.1) is 11.3 Å². The number of hydrogen-bond donors (Lipinski definition) is 2. The van der Waals surface area contributed by atoms with Crippen LogP contribution in [0.1, 0.15) is 44.2 Å². The van der Waals surface area contributed by atoms with Crippen molar-refractivity contribution in [2.24, 2.45) is 0 Å². The molecule has 0 radical (unpaired) electrons. The molecule has 4 nitrogen and oxygen atoms in total. The molecule has 0 aliphatic carbocycles. The lowest BCUT2D eigenvalue weighted by molar-refractivity contribution is -0.116. The number of amides is 1. The van der Waals surface area contributed by atoms with Gasteiger partial charge in [0.2, 0.25) is 5.91 Å². The van der Waals surface area contributed by atoms with Gasteiger partial charge in [0.05, 0.1) is 11.3 Å². The third kappa shape index (κ3) is 4.36. The van der Waals surface area contributed by atoms with Gasteiger partial charge in [-0.15, -0.1) is 0 Å². The van der Waals surface area contributed by atoms with E-state index in [-0.39, 0.29) is 5.91 Å². The first-order valence-corrected chi connectivity index (χ1v) is 8.21. The van der Waals surface area contributed by atoms with Crippen LogP contribution in [-0.2, 0) is 4.79 Å². The van der Waals surface area contributed by atoms with E-state index in [2.05, 4.69) is 42.7 Å². The minimum atomic E-state index is -0.411. The van der Waals surface area contributed by atoms with Gasteiger partial charge in [-0.25, -0.2) is 0 Å². The molecule has 2 rings (SSSR count). The van der Waals surface area contributed by atoms with Crippen LogP contribution in [-0.4, -0.2) is 11.9 Å². The monoisotopic (exact) mass is 321 g/mol. The molecule has 0 aliphatic rings. The van der Waals surface area contributed by atoms with Crippen LogP contribution in [0.25, 0.3) is 0 Å². The number of nitrogens with zero attached hydrogens (tertiary/aromatic N) is 1. The Bertz CT molecular complexity index is 731. The minimum absolute atomic E-state index is 0.177. The van der Waals surface area contributed by atoms with Crippen molar-refractivity contribution >= 4 is 17.3 Å². The summed E-state index contributed by atoms with van der Waals surface area (Å²) in [7, 11) is 0. The Balaban J connectivity index is 2.00. The zero-order chi connectivity index (χ0) is 17.5. The van der Waals surface area contributed by atoms with Crippen LogP contribution in [0.3, 0.4) is 0 Å². The molecule has 2 atom stereocenters. The van der Waals surface area contributed by atoms with Gasteiger partial charge >= 0.3 is 0 Å². The second kappa shape index (κ2) is 8.16. The third-order valence-electron chi connectivity index (χ3n) is 4.17. The van der Waals surface area contributed by atoms with E-state index in [0.717, 1.165) is 12.1 Å². The molecule has 4 heteroatoms. The molecule has 1 amide bonds. The van der Waals surface area contributed by atoms with Gasteiger partial charge in [-0.1, -0.05) is 38.1 Å².